The van der Waals surface area contributed by atoms with E-state index in [0.717, 1.165) is 12.3 Å². The fraction of sp³-hybridized carbons (Fsp3) is 0.417. The van der Waals surface area contributed by atoms with Gasteiger partial charge in [0.05, 0.1) is 18.6 Å². The van der Waals surface area contributed by atoms with E-state index in [9.17, 15) is 26.0 Å². The van der Waals surface area contributed by atoms with Crippen molar-refractivity contribution >= 4 is 25.5 Å². The molecule has 6 nitrogen and oxygen atoms in total. The molecule has 0 aliphatic heterocycles. The Kier molecular flexibility index (Phi) is 5.46. The molecule has 9 heteroatoms. The monoisotopic (exact) mass is 338 g/mol. The number of ketones is 1. The highest BCUT2D eigenvalue weighted by Crippen LogP contribution is 2.18. The van der Waals surface area contributed by atoms with Gasteiger partial charge >= 0.3 is 0 Å². The maximum absolute atomic E-state index is 13.4. The molecular weight excluding hydrogens is 323 g/mol. The smallest absolute Gasteiger partial charge is 0.177 e. The van der Waals surface area contributed by atoms with Crippen molar-refractivity contribution in [3.63, 3.8) is 0 Å². The van der Waals surface area contributed by atoms with Crippen LogP contribution < -0.4 is 4.74 Å². The van der Waals surface area contributed by atoms with E-state index in [4.69, 9.17) is 0 Å². The molecule has 0 spiro atoms. The molecule has 0 radical (unpaired) electrons. The third-order valence-electron chi connectivity index (χ3n) is 2.59. The number of sulfone groups is 2. The average Bonchev–Trinajstić information content (AvgIpc) is 2.35. The predicted molar refractivity (Wildman–Crippen MR) is 75.6 cm³/mol. The van der Waals surface area contributed by atoms with E-state index in [1.807, 2.05) is 0 Å². The second kappa shape index (κ2) is 6.52. The number of carbonyl (C=O) groups is 1. The standard InChI is InChI=1S/C12H15FO6S2/c1-19-12-4-3-9(7-10(12)13)11(14)8-21(17,18)6-5-20(2,15)16/h3-4,7H,5-6,8H2,1-2H3. The van der Waals surface area contributed by atoms with Gasteiger partial charge in [0.2, 0.25) is 0 Å². The summed E-state index contributed by atoms with van der Waals surface area (Å²) in [7, 11) is -6.05. The first-order valence-electron chi connectivity index (χ1n) is 5.79. The van der Waals surface area contributed by atoms with Crippen molar-refractivity contribution in [2.24, 2.45) is 0 Å². The Morgan fingerprint density at radius 2 is 1.81 bits per heavy atom. The molecule has 0 amide bonds. The van der Waals surface area contributed by atoms with Gasteiger partial charge in [0, 0.05) is 11.8 Å². The Hall–Kier alpha value is -1.48. The van der Waals surface area contributed by atoms with Crippen LogP contribution in [0.5, 0.6) is 5.75 Å². The van der Waals surface area contributed by atoms with Gasteiger partial charge in [-0.15, -0.1) is 0 Å². The number of halogens is 1. The van der Waals surface area contributed by atoms with Crippen LogP contribution in [0.15, 0.2) is 18.2 Å². The molecule has 0 atom stereocenters. The Bertz CT molecular complexity index is 737. The third kappa shape index (κ3) is 5.80. The molecule has 1 rings (SSSR count). The summed E-state index contributed by atoms with van der Waals surface area (Å²) in [6, 6.07) is 3.34. The van der Waals surface area contributed by atoms with E-state index in [-0.39, 0.29) is 11.3 Å². The Balaban J connectivity index is 2.83. The number of hydrogen-bond acceptors (Lipinski definition) is 6. The van der Waals surface area contributed by atoms with Gasteiger partial charge in [0.25, 0.3) is 0 Å². The first-order valence-corrected chi connectivity index (χ1v) is 9.67. The van der Waals surface area contributed by atoms with Crippen LogP contribution in [-0.2, 0) is 19.7 Å². The largest absolute Gasteiger partial charge is 0.494 e. The van der Waals surface area contributed by atoms with Crippen LogP contribution in [0, 0.1) is 5.82 Å². The predicted octanol–water partition coefficient (Wildman–Crippen LogP) is 0.476. The molecule has 1 aromatic carbocycles. The van der Waals surface area contributed by atoms with Crippen molar-refractivity contribution in [1.29, 1.82) is 0 Å². The summed E-state index contributed by atoms with van der Waals surface area (Å²) < 4.78 is 63.3. The minimum atomic E-state index is -3.87. The molecule has 0 aromatic heterocycles. The summed E-state index contributed by atoms with van der Waals surface area (Å²) in [4.78, 5) is 11.8. The molecule has 1 aromatic rings. The Labute approximate surface area is 122 Å². The van der Waals surface area contributed by atoms with Crippen molar-refractivity contribution < 1.29 is 30.8 Å². The van der Waals surface area contributed by atoms with E-state index in [2.05, 4.69) is 4.74 Å². The summed E-state index contributed by atoms with van der Waals surface area (Å²) >= 11 is 0. The highest BCUT2D eigenvalue weighted by atomic mass is 32.2. The summed E-state index contributed by atoms with van der Waals surface area (Å²) in [6.07, 6.45) is 0.906. The van der Waals surface area contributed by atoms with Crippen molar-refractivity contribution in [3.05, 3.63) is 29.6 Å². The minimum Gasteiger partial charge on any atom is -0.494 e. The number of benzene rings is 1. The average molecular weight is 338 g/mol. The van der Waals surface area contributed by atoms with Crippen LogP contribution in [-0.4, -0.2) is 53.2 Å². The van der Waals surface area contributed by atoms with Crippen molar-refractivity contribution in [2.45, 2.75) is 0 Å². The molecule has 0 aliphatic rings. The highest BCUT2D eigenvalue weighted by Gasteiger charge is 2.21. The Morgan fingerprint density at radius 1 is 1.19 bits per heavy atom. The molecule has 118 valence electrons. The van der Waals surface area contributed by atoms with Gasteiger partial charge in [-0.25, -0.2) is 21.2 Å². The van der Waals surface area contributed by atoms with Crippen molar-refractivity contribution in [1.82, 2.24) is 0 Å². The first kappa shape index (κ1) is 17.6. The molecule has 0 N–H and O–H groups in total. The molecule has 0 unspecified atom stereocenters. The van der Waals surface area contributed by atoms with E-state index in [1.54, 1.807) is 0 Å². The van der Waals surface area contributed by atoms with E-state index in [0.29, 0.717) is 0 Å². The van der Waals surface area contributed by atoms with Crippen LogP contribution in [0.4, 0.5) is 4.39 Å². The summed E-state index contributed by atoms with van der Waals surface area (Å²) in [5, 5.41) is 0. The summed E-state index contributed by atoms with van der Waals surface area (Å²) in [5.41, 5.74) is -0.115. The van der Waals surface area contributed by atoms with Crippen LogP contribution in [0.2, 0.25) is 0 Å². The van der Waals surface area contributed by atoms with E-state index >= 15 is 0 Å². The lowest BCUT2D eigenvalue weighted by Crippen LogP contribution is -2.23. The van der Waals surface area contributed by atoms with Crippen LogP contribution in [0.25, 0.3) is 0 Å². The molecule has 0 heterocycles. The number of carbonyl (C=O) groups excluding carboxylic acids is 1. The molecular formula is C12H15FO6S2. The molecule has 0 saturated carbocycles. The normalized spacial score (nSPS) is 12.1. The molecule has 0 fully saturated rings. The second-order valence-electron chi connectivity index (χ2n) is 4.49. The fourth-order valence-corrected chi connectivity index (χ4v) is 4.41. The highest BCUT2D eigenvalue weighted by molar-refractivity contribution is 7.95. The minimum absolute atomic E-state index is 0.0634. The van der Waals surface area contributed by atoms with Gasteiger partial charge in [0.15, 0.2) is 27.2 Å². The SMILES string of the molecule is COc1ccc(C(=O)CS(=O)(=O)CCS(C)(=O)=O)cc1F. The van der Waals surface area contributed by atoms with Crippen LogP contribution in [0.3, 0.4) is 0 Å². The maximum Gasteiger partial charge on any atom is 0.177 e. The summed E-state index contributed by atoms with van der Waals surface area (Å²) in [5.74, 6) is -3.71. The number of ether oxygens (including phenoxy) is 1. The number of methoxy groups -OCH3 is 1. The van der Waals surface area contributed by atoms with E-state index in [1.165, 1.54) is 19.2 Å². The number of hydrogen-bond donors (Lipinski definition) is 0. The maximum atomic E-state index is 13.4. The zero-order valence-electron chi connectivity index (χ0n) is 11.5. The zero-order chi connectivity index (χ0) is 16.3. The van der Waals surface area contributed by atoms with Gasteiger partial charge in [-0.05, 0) is 18.2 Å². The van der Waals surface area contributed by atoms with Crippen LogP contribution >= 0.6 is 0 Å². The quantitative estimate of drug-likeness (QED) is 0.671. The van der Waals surface area contributed by atoms with Gasteiger partial charge in [-0.3, -0.25) is 4.79 Å². The fourth-order valence-electron chi connectivity index (χ4n) is 1.47. The molecule has 0 saturated heterocycles. The van der Waals surface area contributed by atoms with Gasteiger partial charge in [-0.1, -0.05) is 0 Å². The number of rotatable bonds is 7. The topological polar surface area (TPSA) is 94.6 Å². The van der Waals surface area contributed by atoms with Gasteiger partial charge in [0.1, 0.15) is 15.6 Å². The Morgan fingerprint density at radius 3 is 2.29 bits per heavy atom. The van der Waals surface area contributed by atoms with Crippen molar-refractivity contribution in [2.75, 3.05) is 30.6 Å². The first-order chi connectivity index (χ1) is 9.54. The lowest BCUT2D eigenvalue weighted by atomic mass is 10.1. The van der Waals surface area contributed by atoms with Crippen molar-refractivity contribution in [3.8, 4) is 5.75 Å². The third-order valence-corrected chi connectivity index (χ3v) is 5.32. The lowest BCUT2D eigenvalue weighted by molar-refractivity contribution is 0.102. The second-order valence-corrected chi connectivity index (χ2v) is 8.94. The van der Waals surface area contributed by atoms with Gasteiger partial charge < -0.3 is 4.74 Å². The number of Topliss-reactive ketones (excluding diaryl/α,β-unsaturated/α-hetero) is 1. The molecule has 0 aliphatic carbocycles. The van der Waals surface area contributed by atoms with E-state index < -0.39 is 48.5 Å². The van der Waals surface area contributed by atoms with Crippen LogP contribution in [0.1, 0.15) is 10.4 Å². The van der Waals surface area contributed by atoms with Gasteiger partial charge in [-0.2, -0.15) is 0 Å². The molecule has 21 heavy (non-hydrogen) atoms. The summed E-state index contributed by atoms with van der Waals surface area (Å²) in [6.45, 7) is 0. The molecule has 0 bridgehead atoms. The lowest BCUT2D eigenvalue weighted by Gasteiger charge is -2.06. The zero-order valence-corrected chi connectivity index (χ0v) is 13.1.